The van der Waals surface area contributed by atoms with Crippen LogP contribution in [0.25, 0.3) is 0 Å². The third-order valence-corrected chi connectivity index (χ3v) is 3.80. The Kier molecular flexibility index (Phi) is 3.57. The van der Waals surface area contributed by atoms with Crippen LogP contribution in [0.15, 0.2) is 18.2 Å². The van der Waals surface area contributed by atoms with Crippen LogP contribution in [0, 0.1) is 13.8 Å². The first-order valence-electron chi connectivity index (χ1n) is 6.34. The molecule has 1 fully saturated rings. The van der Waals surface area contributed by atoms with Crippen LogP contribution in [0.3, 0.4) is 0 Å². The number of urea groups is 1. The summed E-state index contributed by atoms with van der Waals surface area (Å²) in [5, 5.41) is 0. The van der Waals surface area contributed by atoms with Crippen LogP contribution >= 0.6 is 0 Å². The zero-order valence-electron chi connectivity index (χ0n) is 11.0. The van der Waals surface area contributed by atoms with Gasteiger partial charge in [0.05, 0.1) is 0 Å². The van der Waals surface area contributed by atoms with Crippen LogP contribution in [0.5, 0.6) is 0 Å². The highest BCUT2D eigenvalue weighted by Crippen LogP contribution is 2.27. The number of aryl methyl sites for hydroxylation is 2. The summed E-state index contributed by atoms with van der Waals surface area (Å²) in [5.41, 5.74) is 15.2. The largest absolute Gasteiger partial charge is 0.351 e. The van der Waals surface area contributed by atoms with Crippen molar-refractivity contribution in [2.24, 2.45) is 11.5 Å². The number of amides is 2. The molecule has 0 saturated carbocycles. The summed E-state index contributed by atoms with van der Waals surface area (Å²) in [7, 11) is 0. The molecule has 1 aliphatic rings. The number of piperidine rings is 1. The fourth-order valence-corrected chi connectivity index (χ4v) is 2.58. The van der Waals surface area contributed by atoms with Crippen molar-refractivity contribution in [1.82, 2.24) is 4.90 Å². The Bertz CT molecular complexity index is 458. The fraction of sp³-hybridized carbons (Fsp3) is 0.500. The number of carbonyl (C=O) groups is 1. The second-order valence-corrected chi connectivity index (χ2v) is 5.28. The summed E-state index contributed by atoms with van der Waals surface area (Å²) in [6, 6.07) is 6.08. The van der Waals surface area contributed by atoms with Gasteiger partial charge < -0.3 is 16.4 Å². The van der Waals surface area contributed by atoms with Gasteiger partial charge >= 0.3 is 6.03 Å². The maximum absolute atomic E-state index is 11.3. The minimum atomic E-state index is -0.376. The summed E-state index contributed by atoms with van der Waals surface area (Å²) in [4.78, 5) is 12.9. The number of benzene rings is 1. The number of nitrogens with two attached hydrogens (primary N) is 2. The number of hydrogen-bond donors (Lipinski definition) is 2. The summed E-state index contributed by atoms with van der Waals surface area (Å²) in [5.74, 6) is 0.292. The topological polar surface area (TPSA) is 72.3 Å². The number of likely N-dealkylation sites (tertiary alicyclic amines) is 1. The Morgan fingerprint density at radius 1 is 1.28 bits per heavy atom. The molecule has 0 aliphatic carbocycles. The van der Waals surface area contributed by atoms with E-state index in [9.17, 15) is 4.79 Å². The van der Waals surface area contributed by atoms with Gasteiger partial charge in [0.15, 0.2) is 0 Å². The lowest BCUT2D eigenvalue weighted by Gasteiger charge is -2.35. The molecule has 2 unspecified atom stereocenters. The van der Waals surface area contributed by atoms with E-state index >= 15 is 0 Å². The van der Waals surface area contributed by atoms with Crippen molar-refractivity contribution in [3.8, 4) is 0 Å². The highest BCUT2D eigenvalue weighted by Gasteiger charge is 2.28. The van der Waals surface area contributed by atoms with Gasteiger partial charge in [-0.1, -0.05) is 18.2 Å². The average molecular weight is 247 g/mol. The van der Waals surface area contributed by atoms with Crippen molar-refractivity contribution < 1.29 is 4.79 Å². The smallest absolute Gasteiger partial charge is 0.314 e. The van der Waals surface area contributed by atoms with Crippen LogP contribution in [0.2, 0.25) is 0 Å². The summed E-state index contributed by atoms with van der Waals surface area (Å²) in [6.07, 6.45) is 0.909. The van der Waals surface area contributed by atoms with Gasteiger partial charge in [-0.15, -0.1) is 0 Å². The SMILES string of the molecule is Cc1ccc(C2CC(N)CN(C(N)=O)C2)cc1C. The first-order valence-corrected chi connectivity index (χ1v) is 6.34. The molecule has 1 aliphatic heterocycles. The third-order valence-electron chi connectivity index (χ3n) is 3.80. The monoisotopic (exact) mass is 247 g/mol. The maximum atomic E-state index is 11.3. The molecule has 1 aromatic carbocycles. The lowest BCUT2D eigenvalue weighted by Crippen LogP contribution is -2.50. The molecule has 1 saturated heterocycles. The van der Waals surface area contributed by atoms with Crippen molar-refractivity contribution in [2.75, 3.05) is 13.1 Å². The van der Waals surface area contributed by atoms with E-state index in [-0.39, 0.29) is 12.1 Å². The minimum Gasteiger partial charge on any atom is -0.351 e. The number of hydrogen-bond acceptors (Lipinski definition) is 2. The van der Waals surface area contributed by atoms with Crippen molar-refractivity contribution in [3.05, 3.63) is 34.9 Å². The van der Waals surface area contributed by atoms with E-state index in [1.807, 2.05) is 0 Å². The first-order chi connectivity index (χ1) is 8.47. The maximum Gasteiger partial charge on any atom is 0.314 e. The highest BCUT2D eigenvalue weighted by molar-refractivity contribution is 5.72. The molecule has 2 amide bonds. The standard InChI is InChI=1S/C14H21N3O/c1-9-3-4-11(5-10(9)2)12-6-13(15)8-17(7-12)14(16)18/h3-5,12-13H,6-8,15H2,1-2H3,(H2,16,18). The third kappa shape index (κ3) is 2.64. The highest BCUT2D eigenvalue weighted by atomic mass is 16.2. The molecule has 4 N–H and O–H groups in total. The predicted molar refractivity (Wildman–Crippen MR) is 72.4 cm³/mol. The molecule has 18 heavy (non-hydrogen) atoms. The van der Waals surface area contributed by atoms with Crippen molar-refractivity contribution in [1.29, 1.82) is 0 Å². The average Bonchev–Trinajstić information content (AvgIpc) is 2.31. The molecule has 2 rings (SSSR count). The molecular formula is C14H21N3O. The Hall–Kier alpha value is -1.55. The normalized spacial score (nSPS) is 24.1. The van der Waals surface area contributed by atoms with E-state index in [2.05, 4.69) is 32.0 Å². The fourth-order valence-electron chi connectivity index (χ4n) is 2.58. The van der Waals surface area contributed by atoms with Crippen LogP contribution in [-0.4, -0.2) is 30.1 Å². The molecule has 1 heterocycles. The molecule has 0 bridgehead atoms. The zero-order valence-corrected chi connectivity index (χ0v) is 11.0. The van der Waals surface area contributed by atoms with Gasteiger partial charge in [-0.2, -0.15) is 0 Å². The molecule has 0 spiro atoms. The molecule has 4 heteroatoms. The number of rotatable bonds is 1. The van der Waals surface area contributed by atoms with Gasteiger partial charge in [0, 0.05) is 25.0 Å². The van der Waals surface area contributed by atoms with Crippen LogP contribution in [0.1, 0.15) is 29.0 Å². The molecule has 4 nitrogen and oxygen atoms in total. The molecule has 0 radical (unpaired) electrons. The minimum absolute atomic E-state index is 0.0119. The first kappa shape index (κ1) is 12.9. The Labute approximate surface area is 108 Å². The Morgan fingerprint density at radius 3 is 2.61 bits per heavy atom. The van der Waals surface area contributed by atoms with Gasteiger partial charge in [-0.05, 0) is 37.0 Å². The van der Waals surface area contributed by atoms with Gasteiger partial charge in [0.1, 0.15) is 0 Å². The van der Waals surface area contributed by atoms with E-state index in [0.29, 0.717) is 19.0 Å². The van der Waals surface area contributed by atoms with Crippen molar-refractivity contribution >= 4 is 6.03 Å². The number of carbonyl (C=O) groups excluding carboxylic acids is 1. The van der Waals surface area contributed by atoms with Gasteiger partial charge in [-0.25, -0.2) is 4.79 Å². The lowest BCUT2D eigenvalue weighted by molar-refractivity contribution is 0.180. The van der Waals surface area contributed by atoms with Crippen molar-refractivity contribution in [3.63, 3.8) is 0 Å². The van der Waals surface area contributed by atoms with Gasteiger partial charge in [0.25, 0.3) is 0 Å². The van der Waals surface area contributed by atoms with Gasteiger partial charge in [0.2, 0.25) is 0 Å². The Morgan fingerprint density at radius 2 is 2.00 bits per heavy atom. The zero-order chi connectivity index (χ0) is 13.3. The van der Waals surface area contributed by atoms with Crippen molar-refractivity contribution in [2.45, 2.75) is 32.2 Å². The van der Waals surface area contributed by atoms with Gasteiger partial charge in [-0.3, -0.25) is 0 Å². The summed E-state index contributed by atoms with van der Waals surface area (Å²) < 4.78 is 0. The second-order valence-electron chi connectivity index (χ2n) is 5.28. The van der Waals surface area contributed by atoms with E-state index in [1.54, 1.807) is 4.90 Å². The predicted octanol–water partition coefficient (Wildman–Crippen LogP) is 1.50. The van der Waals surface area contributed by atoms with Crippen LogP contribution in [0.4, 0.5) is 4.79 Å². The molecule has 0 aromatic heterocycles. The second kappa shape index (κ2) is 4.98. The number of nitrogens with zero attached hydrogens (tertiary/aromatic N) is 1. The molecule has 2 atom stereocenters. The Balaban J connectivity index is 2.21. The van der Waals surface area contributed by atoms with E-state index in [1.165, 1.54) is 16.7 Å². The van der Waals surface area contributed by atoms with Crippen LogP contribution in [-0.2, 0) is 0 Å². The summed E-state index contributed by atoms with van der Waals surface area (Å²) in [6.45, 7) is 5.44. The van der Waals surface area contributed by atoms with E-state index in [0.717, 1.165) is 6.42 Å². The van der Waals surface area contributed by atoms with E-state index < -0.39 is 0 Å². The summed E-state index contributed by atoms with van der Waals surface area (Å²) >= 11 is 0. The van der Waals surface area contributed by atoms with E-state index in [4.69, 9.17) is 11.5 Å². The molecule has 1 aromatic rings. The number of primary amides is 1. The quantitative estimate of drug-likeness (QED) is 0.789. The lowest BCUT2D eigenvalue weighted by atomic mass is 9.87. The molecular weight excluding hydrogens is 226 g/mol. The molecule has 98 valence electrons. The van der Waals surface area contributed by atoms with Crippen LogP contribution < -0.4 is 11.5 Å².